The summed E-state index contributed by atoms with van der Waals surface area (Å²) in [5, 5.41) is 3.64. The zero-order valence-corrected chi connectivity index (χ0v) is 12.1. The van der Waals surface area contributed by atoms with Crippen LogP contribution in [0.4, 0.5) is 0 Å². The number of carbonyl (C=O) groups is 1. The molecule has 0 spiro atoms. The lowest BCUT2D eigenvalue weighted by Gasteiger charge is -2.37. The Balaban J connectivity index is 2.19. The van der Waals surface area contributed by atoms with E-state index in [4.69, 9.17) is 16.3 Å². The molecule has 1 fully saturated rings. The molecular weight excluding hydrogens is 274 g/mol. The van der Waals surface area contributed by atoms with Gasteiger partial charge in [0, 0.05) is 36.3 Å². The van der Waals surface area contributed by atoms with Crippen molar-refractivity contribution in [2.45, 2.75) is 18.3 Å². The fourth-order valence-electron chi connectivity index (χ4n) is 2.53. The first-order valence-corrected chi connectivity index (χ1v) is 7.01. The quantitative estimate of drug-likeness (QED) is 0.684. The largest absolute Gasteiger partial charge is 0.381 e. The number of rotatable bonds is 4. The van der Waals surface area contributed by atoms with Gasteiger partial charge in [0.05, 0.1) is 0 Å². The van der Waals surface area contributed by atoms with Crippen molar-refractivity contribution in [3.05, 3.63) is 53.2 Å². The van der Waals surface area contributed by atoms with E-state index >= 15 is 0 Å². The highest BCUT2D eigenvalue weighted by Crippen LogP contribution is 2.34. The van der Waals surface area contributed by atoms with Crippen LogP contribution in [-0.4, -0.2) is 25.7 Å². The molecule has 0 radical (unpaired) electrons. The second kappa shape index (κ2) is 6.76. The first-order valence-electron chi connectivity index (χ1n) is 6.64. The third kappa shape index (κ3) is 3.51. The first-order chi connectivity index (χ1) is 9.66. The summed E-state index contributed by atoms with van der Waals surface area (Å²) >= 11 is 5.95. The van der Waals surface area contributed by atoms with Crippen LogP contribution < -0.4 is 5.32 Å². The molecule has 0 aliphatic carbocycles. The minimum atomic E-state index is -0.167. The second-order valence-electron chi connectivity index (χ2n) is 4.97. The predicted octanol–water partition coefficient (Wildman–Crippen LogP) is 2.85. The molecule has 1 aliphatic heterocycles. The summed E-state index contributed by atoms with van der Waals surface area (Å²) in [5.41, 5.74) is 3.58. The van der Waals surface area contributed by atoms with Gasteiger partial charge in [0.1, 0.15) is 0 Å². The SMILES string of the molecule is C=C=CC(=O)NCC1(c2ccc(Cl)cc2)CCOCC1. The van der Waals surface area contributed by atoms with E-state index in [2.05, 4.69) is 17.6 Å². The van der Waals surface area contributed by atoms with Gasteiger partial charge < -0.3 is 10.1 Å². The molecule has 0 atom stereocenters. The summed E-state index contributed by atoms with van der Waals surface area (Å²) in [4.78, 5) is 11.6. The Morgan fingerprint density at radius 3 is 2.65 bits per heavy atom. The first kappa shape index (κ1) is 14.9. The normalized spacial score (nSPS) is 17.1. The number of ether oxygens (including phenoxy) is 1. The Morgan fingerprint density at radius 1 is 1.40 bits per heavy atom. The zero-order chi connectivity index (χ0) is 14.4. The van der Waals surface area contributed by atoms with Crippen LogP contribution in [0.1, 0.15) is 18.4 Å². The molecule has 1 aliphatic rings. The Labute approximate surface area is 124 Å². The van der Waals surface area contributed by atoms with Crippen molar-refractivity contribution in [3.63, 3.8) is 0 Å². The van der Waals surface area contributed by atoms with Gasteiger partial charge in [-0.25, -0.2) is 0 Å². The molecule has 2 rings (SSSR count). The van der Waals surface area contributed by atoms with E-state index in [9.17, 15) is 4.79 Å². The lowest BCUT2D eigenvalue weighted by Crippen LogP contribution is -2.44. The van der Waals surface area contributed by atoms with Gasteiger partial charge in [0.2, 0.25) is 0 Å². The summed E-state index contributed by atoms with van der Waals surface area (Å²) < 4.78 is 5.46. The molecule has 106 valence electrons. The molecule has 1 aromatic carbocycles. The molecule has 1 N–H and O–H groups in total. The van der Waals surface area contributed by atoms with Crippen LogP contribution in [-0.2, 0) is 14.9 Å². The number of nitrogens with one attached hydrogen (secondary N) is 1. The smallest absolute Gasteiger partial charge is 0.251 e. The van der Waals surface area contributed by atoms with Crippen LogP contribution >= 0.6 is 11.6 Å². The Kier molecular flexibility index (Phi) is 5.02. The molecule has 20 heavy (non-hydrogen) atoms. The number of hydrogen-bond donors (Lipinski definition) is 1. The van der Waals surface area contributed by atoms with Crippen LogP contribution in [0.2, 0.25) is 5.02 Å². The molecule has 1 heterocycles. The van der Waals surface area contributed by atoms with E-state index in [1.54, 1.807) is 0 Å². The molecule has 0 unspecified atom stereocenters. The van der Waals surface area contributed by atoms with Gasteiger partial charge in [0.15, 0.2) is 0 Å². The molecule has 3 nitrogen and oxygen atoms in total. The number of hydrogen-bond acceptors (Lipinski definition) is 2. The lowest BCUT2D eigenvalue weighted by atomic mass is 9.74. The molecule has 1 saturated heterocycles. The van der Waals surface area contributed by atoms with Gasteiger partial charge in [-0.1, -0.05) is 30.3 Å². The molecule has 0 saturated carbocycles. The van der Waals surface area contributed by atoms with E-state index in [1.807, 2.05) is 24.3 Å². The van der Waals surface area contributed by atoms with Crippen molar-refractivity contribution in [1.29, 1.82) is 0 Å². The minimum absolute atomic E-state index is 0.0898. The predicted molar refractivity (Wildman–Crippen MR) is 79.9 cm³/mol. The lowest BCUT2D eigenvalue weighted by molar-refractivity contribution is -0.117. The van der Waals surface area contributed by atoms with Crippen LogP contribution in [0, 0.1) is 0 Å². The molecule has 1 aromatic rings. The highest BCUT2D eigenvalue weighted by molar-refractivity contribution is 6.30. The van der Waals surface area contributed by atoms with Crippen LogP contribution in [0.15, 0.2) is 42.7 Å². The van der Waals surface area contributed by atoms with Crippen LogP contribution in [0.25, 0.3) is 0 Å². The summed E-state index contributed by atoms with van der Waals surface area (Å²) in [6.07, 6.45) is 3.08. The monoisotopic (exact) mass is 291 g/mol. The molecular formula is C16H18ClNO2. The fraction of sp³-hybridized carbons (Fsp3) is 0.375. The molecule has 0 bridgehead atoms. The number of amides is 1. The van der Waals surface area contributed by atoms with Gasteiger partial charge in [-0.15, -0.1) is 5.73 Å². The van der Waals surface area contributed by atoms with Gasteiger partial charge in [-0.3, -0.25) is 4.79 Å². The average molecular weight is 292 g/mol. The summed E-state index contributed by atoms with van der Waals surface area (Å²) in [6.45, 7) is 5.39. The van der Waals surface area contributed by atoms with Crippen molar-refractivity contribution in [2.24, 2.45) is 0 Å². The van der Waals surface area contributed by atoms with Crippen molar-refractivity contribution in [2.75, 3.05) is 19.8 Å². The van der Waals surface area contributed by atoms with E-state index in [0.717, 1.165) is 17.9 Å². The average Bonchev–Trinajstić information content (AvgIpc) is 2.47. The number of halogens is 1. The number of carbonyl (C=O) groups excluding carboxylic acids is 1. The van der Waals surface area contributed by atoms with Crippen molar-refractivity contribution < 1.29 is 9.53 Å². The second-order valence-corrected chi connectivity index (χ2v) is 5.40. The maximum absolute atomic E-state index is 11.6. The Hall–Kier alpha value is -1.54. The van der Waals surface area contributed by atoms with Gasteiger partial charge >= 0.3 is 0 Å². The van der Waals surface area contributed by atoms with Crippen molar-refractivity contribution in [1.82, 2.24) is 5.32 Å². The summed E-state index contributed by atoms with van der Waals surface area (Å²) in [6, 6.07) is 7.84. The van der Waals surface area contributed by atoms with Gasteiger partial charge in [-0.05, 0) is 30.5 Å². The highest BCUT2D eigenvalue weighted by Gasteiger charge is 2.34. The Bertz CT molecular complexity index is 512. The van der Waals surface area contributed by atoms with Crippen LogP contribution in [0.3, 0.4) is 0 Å². The Morgan fingerprint density at radius 2 is 2.05 bits per heavy atom. The minimum Gasteiger partial charge on any atom is -0.381 e. The van der Waals surface area contributed by atoms with E-state index in [1.165, 1.54) is 11.6 Å². The summed E-state index contributed by atoms with van der Waals surface area (Å²) in [5.74, 6) is -0.167. The fourth-order valence-corrected chi connectivity index (χ4v) is 2.66. The van der Waals surface area contributed by atoms with Crippen LogP contribution in [0.5, 0.6) is 0 Å². The van der Waals surface area contributed by atoms with Gasteiger partial charge in [-0.2, -0.15) is 0 Å². The maximum Gasteiger partial charge on any atom is 0.251 e. The number of benzene rings is 1. The van der Waals surface area contributed by atoms with E-state index < -0.39 is 0 Å². The van der Waals surface area contributed by atoms with E-state index in [0.29, 0.717) is 19.8 Å². The zero-order valence-electron chi connectivity index (χ0n) is 11.3. The topological polar surface area (TPSA) is 38.3 Å². The molecule has 1 amide bonds. The summed E-state index contributed by atoms with van der Waals surface area (Å²) in [7, 11) is 0. The van der Waals surface area contributed by atoms with Crippen molar-refractivity contribution >= 4 is 17.5 Å². The molecule has 0 aromatic heterocycles. The third-order valence-corrected chi connectivity index (χ3v) is 3.99. The standard InChI is InChI=1S/C16H18ClNO2/c1-2-3-15(19)18-12-16(8-10-20-11-9-16)13-4-6-14(17)7-5-13/h3-7H,1,8-12H2,(H,18,19). The highest BCUT2D eigenvalue weighted by atomic mass is 35.5. The van der Waals surface area contributed by atoms with Gasteiger partial charge in [0.25, 0.3) is 5.91 Å². The molecule has 4 heteroatoms. The maximum atomic E-state index is 11.6. The van der Waals surface area contributed by atoms with E-state index in [-0.39, 0.29) is 11.3 Å². The van der Waals surface area contributed by atoms with Crippen molar-refractivity contribution in [3.8, 4) is 0 Å². The third-order valence-electron chi connectivity index (χ3n) is 3.74.